The van der Waals surface area contributed by atoms with Crippen LogP contribution in [0.25, 0.3) is 0 Å². The summed E-state index contributed by atoms with van der Waals surface area (Å²) in [6, 6.07) is 1.89. The van der Waals surface area contributed by atoms with Gasteiger partial charge < -0.3 is 24.4 Å². The minimum Gasteiger partial charge on any atom is -0.471 e. The van der Waals surface area contributed by atoms with Gasteiger partial charge in [-0.3, -0.25) is 19.2 Å². The Morgan fingerprint density at radius 1 is 0.731 bits per heavy atom. The summed E-state index contributed by atoms with van der Waals surface area (Å²) < 4.78 is 19.2. The molecule has 10 aliphatic rings. The number of aliphatic hydroxyl groups is 2. The van der Waals surface area contributed by atoms with Crippen LogP contribution in [0.2, 0.25) is 0 Å². The van der Waals surface area contributed by atoms with Gasteiger partial charge in [-0.1, -0.05) is 80.0 Å². The Bertz CT molecular complexity index is 2670. The first-order valence-electron chi connectivity index (χ1n) is 25.6. The van der Waals surface area contributed by atoms with E-state index >= 15 is 0 Å². The van der Waals surface area contributed by atoms with Gasteiger partial charge in [-0.25, -0.2) is 0 Å². The zero-order valence-corrected chi connectivity index (χ0v) is 42.4. The first-order valence-corrected chi connectivity index (χ1v) is 25.6. The molecule has 15 atom stereocenters. The van der Waals surface area contributed by atoms with Gasteiger partial charge in [0.25, 0.3) is 0 Å². The second-order valence-corrected chi connectivity index (χ2v) is 26.3. The van der Waals surface area contributed by atoms with E-state index in [-0.39, 0.29) is 68.1 Å². The van der Waals surface area contributed by atoms with E-state index in [1.165, 1.54) is 12.7 Å². The van der Waals surface area contributed by atoms with Crippen LogP contribution >= 0.6 is 0 Å². The van der Waals surface area contributed by atoms with Gasteiger partial charge in [-0.2, -0.15) is 0 Å². The summed E-state index contributed by atoms with van der Waals surface area (Å²) in [5.41, 5.74) is 1.27. The Balaban J connectivity index is 0.975. The SMILES string of the molecule is COC(=O)[C@]1(C)CC[C@]2(C)CC[C@]3(C)C4=CC(=O)c5c(cc6c(c5C)O[C@]5(C)C7=CC=C8[C@@](C)(CC[C@@]9(C)[C@@H]%10C[C@@H](C)C(=O)[C@@H](O)[C@]%10(C)CC[C@]89C)C7=CC(=O)[C@]5(O)O6)[C@]4(C)CC[C@@]3(C)[C@@H]2C1. The van der Waals surface area contributed by atoms with Crippen molar-refractivity contribution in [3.8, 4) is 11.5 Å². The monoisotopic (exact) mass is 915 g/mol. The molecule has 1 aliphatic heterocycles. The molecule has 0 unspecified atom stereocenters. The average molecular weight is 915 g/mol. The minimum atomic E-state index is -2.38. The van der Waals surface area contributed by atoms with Gasteiger partial charge in [-0.05, 0) is 172 Å². The largest absolute Gasteiger partial charge is 0.471 e. The van der Waals surface area contributed by atoms with E-state index in [9.17, 15) is 29.4 Å². The highest BCUT2D eigenvalue weighted by Crippen LogP contribution is 2.77. The number of benzene rings is 1. The smallest absolute Gasteiger partial charge is 0.317 e. The molecule has 0 spiro atoms. The Kier molecular flexibility index (Phi) is 8.93. The summed E-state index contributed by atoms with van der Waals surface area (Å²) in [4.78, 5) is 56.3. The van der Waals surface area contributed by atoms with Gasteiger partial charge in [0.05, 0.1) is 12.5 Å². The number of ketones is 3. The number of Topliss-reactive ketones (excluding diaryl/α,β-unsaturated/α-hetero) is 1. The van der Waals surface area contributed by atoms with E-state index in [1.807, 2.05) is 32.1 Å². The van der Waals surface area contributed by atoms with Crippen molar-refractivity contribution in [2.24, 2.45) is 61.1 Å². The lowest BCUT2D eigenvalue weighted by Gasteiger charge is -2.70. The molecule has 0 saturated heterocycles. The summed E-state index contributed by atoms with van der Waals surface area (Å²) in [5, 5.41) is 24.3. The van der Waals surface area contributed by atoms with Crippen LogP contribution in [0.4, 0.5) is 0 Å². The van der Waals surface area contributed by atoms with E-state index in [0.29, 0.717) is 22.4 Å². The molecule has 0 amide bonds. The predicted octanol–water partition coefficient (Wildman–Crippen LogP) is 10.8. The molecule has 2 N–H and O–H groups in total. The van der Waals surface area contributed by atoms with Crippen LogP contribution in [-0.2, 0) is 24.5 Å². The second-order valence-electron chi connectivity index (χ2n) is 26.3. The number of carbonyl (C=O) groups excluding carboxylic acids is 4. The molecule has 9 nitrogen and oxygen atoms in total. The average Bonchev–Trinajstić information content (AvgIpc) is 3.27. The molecule has 6 saturated carbocycles. The molecular weight excluding hydrogens is 841 g/mol. The topological polar surface area (TPSA) is 136 Å². The third-order valence-corrected chi connectivity index (χ3v) is 23.5. The third-order valence-electron chi connectivity index (χ3n) is 23.5. The number of fused-ring (bicyclic) bond motifs is 17. The van der Waals surface area contributed by atoms with Crippen molar-refractivity contribution in [2.75, 3.05) is 7.11 Å². The van der Waals surface area contributed by atoms with Crippen LogP contribution in [-0.4, -0.2) is 58.1 Å². The zero-order valence-electron chi connectivity index (χ0n) is 42.4. The Morgan fingerprint density at radius 2 is 1.36 bits per heavy atom. The first-order chi connectivity index (χ1) is 31.0. The van der Waals surface area contributed by atoms with E-state index in [2.05, 4.69) is 68.4 Å². The Labute approximate surface area is 397 Å². The van der Waals surface area contributed by atoms with Crippen molar-refractivity contribution < 1.29 is 43.6 Å². The van der Waals surface area contributed by atoms with Crippen molar-refractivity contribution >= 4 is 23.3 Å². The fourth-order valence-electron chi connectivity index (χ4n) is 18.4. The maximum Gasteiger partial charge on any atom is 0.317 e. The van der Waals surface area contributed by atoms with Crippen LogP contribution in [0.15, 0.2) is 52.7 Å². The van der Waals surface area contributed by atoms with Crippen LogP contribution in [0.3, 0.4) is 0 Å². The van der Waals surface area contributed by atoms with Crippen molar-refractivity contribution in [1.82, 2.24) is 0 Å². The number of rotatable bonds is 1. The molecule has 1 aromatic rings. The molecule has 6 fully saturated rings. The van der Waals surface area contributed by atoms with Crippen molar-refractivity contribution in [3.05, 3.63) is 69.4 Å². The number of ether oxygens (including phenoxy) is 3. The lowest BCUT2D eigenvalue weighted by molar-refractivity contribution is -0.231. The Morgan fingerprint density at radius 3 is 2.04 bits per heavy atom. The molecule has 9 aliphatic carbocycles. The Hall–Kier alpha value is -3.82. The number of methoxy groups -OCH3 is 1. The molecule has 0 bridgehead atoms. The van der Waals surface area contributed by atoms with Crippen LogP contribution in [0.5, 0.6) is 11.5 Å². The summed E-state index contributed by atoms with van der Waals surface area (Å²) in [6.07, 6.45) is 16.9. The van der Waals surface area contributed by atoms with Gasteiger partial charge in [0.2, 0.25) is 11.4 Å². The third kappa shape index (κ3) is 5.00. The normalized spacial score (nSPS) is 50.1. The highest BCUT2D eigenvalue weighted by Gasteiger charge is 2.73. The molecule has 1 aromatic carbocycles. The van der Waals surface area contributed by atoms with Crippen molar-refractivity contribution in [3.63, 3.8) is 0 Å². The summed E-state index contributed by atoms with van der Waals surface area (Å²) >= 11 is 0. The summed E-state index contributed by atoms with van der Waals surface area (Å²) in [6.45, 7) is 26.3. The quantitative estimate of drug-likeness (QED) is 0.264. The number of esters is 1. The molecule has 0 aromatic heterocycles. The molecule has 11 rings (SSSR count). The summed E-state index contributed by atoms with van der Waals surface area (Å²) in [7, 11) is 1.50. The fourth-order valence-corrected chi connectivity index (χ4v) is 18.4. The second kappa shape index (κ2) is 13.1. The van der Waals surface area contributed by atoms with E-state index in [1.54, 1.807) is 13.0 Å². The van der Waals surface area contributed by atoms with Gasteiger partial charge in [0.15, 0.2) is 23.1 Å². The van der Waals surface area contributed by atoms with Crippen LogP contribution < -0.4 is 9.47 Å². The molecule has 360 valence electrons. The number of carbonyl (C=O) groups is 4. The molecule has 0 radical (unpaired) electrons. The van der Waals surface area contributed by atoms with Crippen LogP contribution in [0.1, 0.15) is 175 Å². The maximum absolute atomic E-state index is 14.9. The molecule has 67 heavy (non-hydrogen) atoms. The number of allylic oxidation sites excluding steroid dienone is 5. The predicted molar refractivity (Wildman–Crippen MR) is 254 cm³/mol. The van der Waals surface area contributed by atoms with Gasteiger partial charge in [-0.15, -0.1) is 0 Å². The van der Waals surface area contributed by atoms with Crippen molar-refractivity contribution in [1.29, 1.82) is 0 Å². The zero-order chi connectivity index (χ0) is 48.5. The standard InChI is InChI=1S/C58H74O9/c1-31-26-39-52(7,46(62)44(31)61)21-25-53(8)38-15-14-33-34(50(38,5)19-23-55(39,53)10)28-42(60)58(64)57(33,12)67-45-32(2)43-35(27-37(45)66-58)51(6)20-24-56(11)41-30-49(4,47(63)65-13)17-16-48(41,3)18-22-54(56,9)40(51)29-36(43)59/h14-15,27-29,31,39,41,46,62,64H,16-26,30H2,1-13H3/t31-,39-,41-,46-,48-,49-,50+,51+,52-,53-,54-,55+,56+,57-,58+/m1/s1. The highest BCUT2D eigenvalue weighted by molar-refractivity contribution is 6.10. The van der Waals surface area contributed by atoms with Crippen LogP contribution in [0, 0.1) is 68.0 Å². The molecule has 9 heteroatoms. The highest BCUT2D eigenvalue weighted by atomic mass is 16.7. The first kappa shape index (κ1) is 45.6. The maximum atomic E-state index is 14.9. The summed E-state index contributed by atoms with van der Waals surface area (Å²) in [5.74, 6) is -2.37. The van der Waals surface area contributed by atoms with E-state index < -0.39 is 44.9 Å². The van der Waals surface area contributed by atoms with Gasteiger partial charge >= 0.3 is 11.8 Å². The number of hydrogen-bond acceptors (Lipinski definition) is 9. The molecule has 1 heterocycles. The lowest BCUT2D eigenvalue weighted by Crippen LogP contribution is -2.70. The van der Waals surface area contributed by atoms with Gasteiger partial charge in [0, 0.05) is 38.9 Å². The fraction of sp³-hybridized carbons (Fsp3) is 0.690. The lowest BCUT2D eigenvalue weighted by atomic mass is 9.34. The van der Waals surface area contributed by atoms with Gasteiger partial charge in [0.1, 0.15) is 6.10 Å². The number of aliphatic hydroxyl groups excluding tert-OH is 1. The van der Waals surface area contributed by atoms with E-state index in [0.717, 1.165) is 93.8 Å². The minimum absolute atomic E-state index is 0.0385. The molecular formula is C58H74O9. The van der Waals surface area contributed by atoms with Crippen molar-refractivity contribution in [2.45, 2.75) is 183 Å². The van der Waals surface area contributed by atoms with E-state index in [4.69, 9.17) is 14.2 Å². The number of hydrogen-bond donors (Lipinski definition) is 2.